The molecule has 100 valence electrons. The van der Waals surface area contributed by atoms with Gasteiger partial charge in [0.15, 0.2) is 0 Å². The Kier molecular flexibility index (Phi) is 3.46. The molecule has 8 heteroatoms. The van der Waals surface area contributed by atoms with Crippen LogP contribution in [0.15, 0.2) is 47.8 Å². The summed E-state index contributed by atoms with van der Waals surface area (Å²) >= 11 is 1.86. The van der Waals surface area contributed by atoms with E-state index in [1.54, 1.807) is 4.68 Å². The summed E-state index contributed by atoms with van der Waals surface area (Å²) in [5.74, 6) is 0.181. The Morgan fingerprint density at radius 1 is 1.20 bits per heavy atom. The van der Waals surface area contributed by atoms with Crippen molar-refractivity contribution in [3.63, 3.8) is 0 Å². The molecule has 1 N–H and O–H groups in total. The molecule has 0 aliphatic heterocycles. The SMILES string of the molecule is O=c1[nH]cnc(Oc2ncn(-c3ccccc3)n2)c1I. The van der Waals surface area contributed by atoms with Gasteiger partial charge in [-0.1, -0.05) is 18.2 Å². The minimum absolute atomic E-state index is 0.130. The van der Waals surface area contributed by atoms with Crippen LogP contribution >= 0.6 is 22.6 Å². The quantitative estimate of drug-likeness (QED) is 0.699. The van der Waals surface area contributed by atoms with Crippen molar-refractivity contribution in [3.05, 3.63) is 56.9 Å². The van der Waals surface area contributed by atoms with E-state index in [0.29, 0.717) is 3.57 Å². The molecule has 0 amide bonds. The normalized spacial score (nSPS) is 10.4. The van der Waals surface area contributed by atoms with E-state index in [1.165, 1.54) is 12.7 Å². The van der Waals surface area contributed by atoms with Crippen LogP contribution in [0.5, 0.6) is 11.9 Å². The number of halogens is 1. The second-order valence-corrected chi connectivity index (χ2v) is 4.84. The van der Waals surface area contributed by atoms with Gasteiger partial charge in [0, 0.05) is 0 Å². The molecule has 0 unspecified atom stereocenters. The number of benzene rings is 1. The fraction of sp³-hybridized carbons (Fsp3) is 0. The van der Waals surface area contributed by atoms with Crippen molar-refractivity contribution in [2.45, 2.75) is 0 Å². The molecule has 0 radical (unpaired) electrons. The summed E-state index contributed by atoms with van der Waals surface area (Å²) in [6, 6.07) is 9.64. The van der Waals surface area contributed by atoms with E-state index in [4.69, 9.17) is 4.74 Å². The summed E-state index contributed by atoms with van der Waals surface area (Å²) in [5.41, 5.74) is 0.599. The number of para-hydroxylation sites is 1. The summed E-state index contributed by atoms with van der Waals surface area (Å²) < 4.78 is 7.34. The Morgan fingerprint density at radius 3 is 2.80 bits per heavy atom. The van der Waals surface area contributed by atoms with E-state index < -0.39 is 0 Å². The lowest BCUT2D eigenvalue weighted by Crippen LogP contribution is -2.11. The first-order valence-electron chi connectivity index (χ1n) is 5.62. The van der Waals surface area contributed by atoms with E-state index in [0.717, 1.165) is 5.69 Å². The van der Waals surface area contributed by atoms with E-state index in [-0.39, 0.29) is 17.4 Å². The summed E-state index contributed by atoms with van der Waals surface area (Å²) in [5, 5.41) is 4.17. The zero-order chi connectivity index (χ0) is 13.9. The molecule has 3 rings (SSSR count). The van der Waals surface area contributed by atoms with Gasteiger partial charge in [0.1, 0.15) is 9.90 Å². The predicted molar refractivity (Wildman–Crippen MR) is 79.0 cm³/mol. The lowest BCUT2D eigenvalue weighted by atomic mass is 10.3. The fourth-order valence-corrected chi connectivity index (χ4v) is 1.93. The summed E-state index contributed by atoms with van der Waals surface area (Å²) in [6.45, 7) is 0. The Hall–Kier alpha value is -2.23. The van der Waals surface area contributed by atoms with Crippen LogP contribution in [0.3, 0.4) is 0 Å². The molecule has 0 bridgehead atoms. The average Bonchev–Trinajstić information content (AvgIpc) is 2.93. The molecular weight excluding hydrogens is 373 g/mol. The maximum absolute atomic E-state index is 11.4. The second kappa shape index (κ2) is 5.41. The van der Waals surface area contributed by atoms with Crippen molar-refractivity contribution in [3.8, 4) is 17.6 Å². The van der Waals surface area contributed by atoms with Gasteiger partial charge in [0.25, 0.3) is 5.56 Å². The smallest absolute Gasteiger partial charge is 0.342 e. The van der Waals surface area contributed by atoms with Gasteiger partial charge in [-0.15, -0.1) is 5.10 Å². The van der Waals surface area contributed by atoms with Crippen LogP contribution < -0.4 is 10.3 Å². The molecule has 0 aliphatic carbocycles. The molecule has 0 saturated heterocycles. The number of nitrogens with zero attached hydrogens (tertiary/aromatic N) is 4. The third kappa shape index (κ3) is 2.54. The first-order valence-corrected chi connectivity index (χ1v) is 6.70. The zero-order valence-corrected chi connectivity index (χ0v) is 12.2. The van der Waals surface area contributed by atoms with Gasteiger partial charge in [-0.25, -0.2) is 9.67 Å². The lowest BCUT2D eigenvalue weighted by Gasteiger charge is -2.01. The second-order valence-electron chi connectivity index (χ2n) is 3.76. The number of ether oxygens (including phenoxy) is 1. The fourth-order valence-electron chi connectivity index (χ4n) is 1.52. The molecule has 2 heterocycles. The van der Waals surface area contributed by atoms with Gasteiger partial charge < -0.3 is 9.72 Å². The predicted octanol–water partition coefficient (Wildman–Crippen LogP) is 1.75. The van der Waals surface area contributed by atoms with E-state index in [2.05, 4.69) is 20.1 Å². The minimum atomic E-state index is -0.266. The molecule has 0 atom stereocenters. The van der Waals surface area contributed by atoms with E-state index >= 15 is 0 Å². The van der Waals surface area contributed by atoms with Crippen LogP contribution in [0, 0.1) is 3.57 Å². The van der Waals surface area contributed by atoms with Crippen molar-refractivity contribution in [1.29, 1.82) is 0 Å². The standard InChI is InChI=1S/C12H8IN5O2/c13-9-10(19)14-6-15-11(9)20-12-16-7-18(17-12)8-4-2-1-3-5-8/h1-7H,(H,14,15,19). The molecule has 2 aromatic heterocycles. The van der Waals surface area contributed by atoms with Crippen molar-refractivity contribution in [2.24, 2.45) is 0 Å². The highest BCUT2D eigenvalue weighted by atomic mass is 127. The molecule has 0 spiro atoms. The van der Waals surface area contributed by atoms with Gasteiger partial charge >= 0.3 is 6.01 Å². The summed E-state index contributed by atoms with van der Waals surface area (Å²) in [7, 11) is 0. The number of aromatic nitrogens is 5. The Morgan fingerprint density at radius 2 is 2.00 bits per heavy atom. The van der Waals surface area contributed by atoms with Crippen molar-refractivity contribution in [1.82, 2.24) is 24.7 Å². The van der Waals surface area contributed by atoms with Crippen molar-refractivity contribution in [2.75, 3.05) is 0 Å². The third-order valence-corrected chi connectivity index (χ3v) is 3.40. The molecule has 0 fully saturated rings. The van der Waals surface area contributed by atoms with Crippen molar-refractivity contribution < 1.29 is 4.74 Å². The molecule has 7 nitrogen and oxygen atoms in total. The number of nitrogens with one attached hydrogen (secondary N) is 1. The number of hydrogen-bond donors (Lipinski definition) is 1. The number of aromatic amines is 1. The van der Waals surface area contributed by atoms with Crippen LogP contribution in [0.25, 0.3) is 5.69 Å². The zero-order valence-electron chi connectivity index (χ0n) is 10.0. The van der Waals surface area contributed by atoms with Crippen LogP contribution in [-0.2, 0) is 0 Å². The van der Waals surface area contributed by atoms with Crippen LogP contribution in [-0.4, -0.2) is 24.7 Å². The van der Waals surface area contributed by atoms with Crippen molar-refractivity contribution >= 4 is 22.6 Å². The van der Waals surface area contributed by atoms with Crippen LogP contribution in [0.2, 0.25) is 0 Å². The molecule has 3 aromatic rings. The first kappa shape index (κ1) is 12.8. The van der Waals surface area contributed by atoms with Gasteiger partial charge in [0.2, 0.25) is 5.88 Å². The highest BCUT2D eigenvalue weighted by Gasteiger charge is 2.11. The minimum Gasteiger partial charge on any atom is -0.403 e. The molecule has 1 aromatic carbocycles. The molecule has 20 heavy (non-hydrogen) atoms. The lowest BCUT2D eigenvalue weighted by molar-refractivity contribution is 0.419. The molecular formula is C12H8IN5O2. The first-order chi connectivity index (χ1) is 9.74. The van der Waals surface area contributed by atoms with Crippen LogP contribution in [0.1, 0.15) is 0 Å². The maximum Gasteiger partial charge on any atom is 0.342 e. The molecule has 0 saturated carbocycles. The number of hydrogen-bond acceptors (Lipinski definition) is 5. The topological polar surface area (TPSA) is 85.7 Å². The maximum atomic E-state index is 11.4. The average molecular weight is 381 g/mol. The number of H-pyrrole nitrogens is 1. The Balaban J connectivity index is 1.88. The van der Waals surface area contributed by atoms with E-state index in [1.807, 2.05) is 52.9 Å². The summed E-state index contributed by atoms with van der Waals surface area (Å²) in [4.78, 5) is 21.9. The van der Waals surface area contributed by atoms with Gasteiger partial charge in [-0.2, -0.15) is 4.98 Å². The van der Waals surface area contributed by atoms with Gasteiger partial charge in [0.05, 0.1) is 12.0 Å². The Bertz CT molecular complexity index is 784. The monoisotopic (exact) mass is 381 g/mol. The largest absolute Gasteiger partial charge is 0.403 e. The van der Waals surface area contributed by atoms with Crippen LogP contribution in [0.4, 0.5) is 0 Å². The van der Waals surface area contributed by atoms with Gasteiger partial charge in [-0.3, -0.25) is 4.79 Å². The molecule has 0 aliphatic rings. The third-order valence-electron chi connectivity index (χ3n) is 2.44. The van der Waals surface area contributed by atoms with E-state index in [9.17, 15) is 4.79 Å². The summed E-state index contributed by atoms with van der Waals surface area (Å²) in [6.07, 6.45) is 2.80. The number of rotatable bonds is 3. The van der Waals surface area contributed by atoms with Gasteiger partial charge in [-0.05, 0) is 34.7 Å². The highest BCUT2D eigenvalue weighted by Crippen LogP contribution is 2.18. The Labute approximate surface area is 126 Å². The highest BCUT2D eigenvalue weighted by molar-refractivity contribution is 14.1.